The summed E-state index contributed by atoms with van der Waals surface area (Å²) in [5, 5.41) is 3.83. The van der Waals surface area contributed by atoms with Gasteiger partial charge in [-0.3, -0.25) is 24.1 Å². The van der Waals surface area contributed by atoms with Gasteiger partial charge in [-0.2, -0.15) is 0 Å². The van der Waals surface area contributed by atoms with Crippen molar-refractivity contribution in [1.29, 1.82) is 0 Å². The molecule has 8 heteroatoms. The molecular formula is C34H36ClN3O4. The molecule has 218 valence electrons. The Kier molecular flexibility index (Phi) is 9.70. The minimum absolute atomic E-state index is 0.0863. The van der Waals surface area contributed by atoms with Crippen LogP contribution in [-0.4, -0.2) is 52.1 Å². The number of benzene rings is 3. The predicted octanol–water partition coefficient (Wildman–Crippen LogP) is 5.81. The molecule has 1 fully saturated rings. The van der Waals surface area contributed by atoms with Crippen molar-refractivity contribution in [1.82, 2.24) is 15.1 Å². The third-order valence-electron chi connectivity index (χ3n) is 8.14. The molecule has 5 rings (SSSR count). The van der Waals surface area contributed by atoms with E-state index in [4.69, 9.17) is 11.6 Å². The lowest BCUT2D eigenvalue weighted by molar-refractivity contribution is -0.141. The Morgan fingerprint density at radius 2 is 1.45 bits per heavy atom. The molecule has 0 radical (unpaired) electrons. The zero-order valence-corrected chi connectivity index (χ0v) is 24.4. The van der Waals surface area contributed by atoms with E-state index < -0.39 is 6.04 Å². The number of amides is 4. The molecule has 3 aromatic rings. The highest BCUT2D eigenvalue weighted by atomic mass is 35.5. The van der Waals surface area contributed by atoms with Gasteiger partial charge in [-0.05, 0) is 54.7 Å². The summed E-state index contributed by atoms with van der Waals surface area (Å²) in [5.74, 6) is -1.04. The summed E-state index contributed by atoms with van der Waals surface area (Å²) in [4.78, 5) is 56.3. The number of hydrogen-bond donors (Lipinski definition) is 1. The van der Waals surface area contributed by atoms with Gasteiger partial charge in [0.15, 0.2) is 0 Å². The van der Waals surface area contributed by atoms with Gasteiger partial charge in [0.25, 0.3) is 11.8 Å². The van der Waals surface area contributed by atoms with Gasteiger partial charge in [-0.15, -0.1) is 0 Å². The second kappa shape index (κ2) is 13.8. The largest absolute Gasteiger partial charge is 0.352 e. The number of rotatable bonds is 11. The second-order valence-electron chi connectivity index (χ2n) is 11.1. The molecule has 1 aliphatic carbocycles. The Morgan fingerprint density at radius 1 is 0.833 bits per heavy atom. The lowest BCUT2D eigenvalue weighted by Crippen LogP contribution is -2.52. The van der Waals surface area contributed by atoms with Crippen LogP contribution in [0, 0.1) is 0 Å². The number of carbonyl (C=O) groups excluding carboxylic acids is 4. The smallest absolute Gasteiger partial charge is 0.261 e. The molecule has 0 saturated heterocycles. The van der Waals surface area contributed by atoms with E-state index in [2.05, 4.69) is 5.32 Å². The SMILES string of the molecule is O=C(NC1CCCCC1)[C@H](Cc1ccccc1)N(Cc1ccc(Cl)cc1)C(=O)CCCN1C(=O)c2ccccc2C1=O. The molecule has 1 saturated carbocycles. The van der Waals surface area contributed by atoms with Gasteiger partial charge in [0.1, 0.15) is 6.04 Å². The van der Waals surface area contributed by atoms with Crippen molar-refractivity contribution in [2.45, 2.75) is 70.0 Å². The summed E-state index contributed by atoms with van der Waals surface area (Å²) >= 11 is 6.12. The van der Waals surface area contributed by atoms with Gasteiger partial charge in [-0.25, -0.2) is 0 Å². The average molecular weight is 586 g/mol. The van der Waals surface area contributed by atoms with Gasteiger partial charge >= 0.3 is 0 Å². The van der Waals surface area contributed by atoms with Gasteiger partial charge in [-0.1, -0.05) is 85.5 Å². The van der Waals surface area contributed by atoms with Gasteiger partial charge < -0.3 is 10.2 Å². The first kappa shape index (κ1) is 29.5. The molecule has 1 heterocycles. The highest BCUT2D eigenvalue weighted by Gasteiger charge is 2.36. The fraction of sp³-hybridized carbons (Fsp3) is 0.353. The number of imide groups is 1. The standard InChI is InChI=1S/C34H36ClN3O4/c35-26-19-17-25(18-20-26)23-38(31(39)16-9-21-37-33(41)28-14-7-8-15-29(28)34(37)42)30(22-24-10-3-1-4-11-24)32(40)36-27-12-5-2-6-13-27/h1,3-4,7-8,10-11,14-15,17-20,27,30H,2,5-6,9,12-13,16,21-23H2,(H,36,40)/t30-/m0/s1. The summed E-state index contributed by atoms with van der Waals surface area (Å²) < 4.78 is 0. The van der Waals surface area contributed by atoms with E-state index in [1.54, 1.807) is 41.3 Å². The van der Waals surface area contributed by atoms with Crippen molar-refractivity contribution in [3.05, 3.63) is 106 Å². The fourth-order valence-electron chi connectivity index (χ4n) is 5.86. The Balaban J connectivity index is 1.35. The van der Waals surface area contributed by atoms with Crippen LogP contribution in [0.15, 0.2) is 78.9 Å². The van der Waals surface area contributed by atoms with E-state index in [0.717, 1.165) is 36.8 Å². The van der Waals surface area contributed by atoms with Crippen molar-refractivity contribution >= 4 is 35.2 Å². The second-order valence-corrected chi connectivity index (χ2v) is 11.5. The molecule has 42 heavy (non-hydrogen) atoms. The van der Waals surface area contributed by atoms with Crippen molar-refractivity contribution in [2.24, 2.45) is 0 Å². The van der Waals surface area contributed by atoms with E-state index in [-0.39, 0.29) is 49.2 Å². The first-order valence-corrected chi connectivity index (χ1v) is 15.1. The number of hydrogen-bond acceptors (Lipinski definition) is 4. The zero-order chi connectivity index (χ0) is 29.5. The minimum Gasteiger partial charge on any atom is -0.352 e. The summed E-state index contributed by atoms with van der Waals surface area (Å²) in [6.07, 6.45) is 5.97. The first-order valence-electron chi connectivity index (χ1n) is 14.7. The summed E-state index contributed by atoms with van der Waals surface area (Å²) in [6.45, 7) is 0.364. The predicted molar refractivity (Wildman–Crippen MR) is 162 cm³/mol. The Bertz CT molecular complexity index is 1390. The first-order chi connectivity index (χ1) is 20.4. The zero-order valence-electron chi connectivity index (χ0n) is 23.6. The Morgan fingerprint density at radius 3 is 2.10 bits per heavy atom. The van der Waals surface area contributed by atoms with Crippen LogP contribution in [0.3, 0.4) is 0 Å². The number of carbonyl (C=O) groups is 4. The fourth-order valence-corrected chi connectivity index (χ4v) is 5.98. The van der Waals surface area contributed by atoms with Crippen LogP contribution >= 0.6 is 11.6 Å². The number of halogens is 1. The van der Waals surface area contributed by atoms with E-state index in [9.17, 15) is 19.2 Å². The maximum Gasteiger partial charge on any atom is 0.261 e. The summed E-state index contributed by atoms with van der Waals surface area (Å²) in [7, 11) is 0. The Hall–Kier alpha value is -3.97. The maximum absolute atomic E-state index is 13.9. The number of fused-ring (bicyclic) bond motifs is 1. The summed E-state index contributed by atoms with van der Waals surface area (Å²) in [5.41, 5.74) is 2.60. The maximum atomic E-state index is 13.9. The van der Waals surface area contributed by atoms with Crippen LogP contribution < -0.4 is 5.32 Å². The van der Waals surface area contributed by atoms with Crippen molar-refractivity contribution in [3.63, 3.8) is 0 Å². The topological polar surface area (TPSA) is 86.8 Å². The molecule has 0 aromatic heterocycles. The molecule has 1 atom stereocenters. The molecule has 0 bridgehead atoms. The van der Waals surface area contributed by atoms with Crippen molar-refractivity contribution < 1.29 is 19.2 Å². The molecule has 2 aliphatic rings. The molecule has 4 amide bonds. The third-order valence-corrected chi connectivity index (χ3v) is 8.39. The Labute approximate surface area is 251 Å². The molecule has 1 aliphatic heterocycles. The van der Waals surface area contributed by atoms with Crippen LogP contribution in [0.2, 0.25) is 5.02 Å². The van der Waals surface area contributed by atoms with Crippen molar-refractivity contribution in [3.8, 4) is 0 Å². The highest BCUT2D eigenvalue weighted by molar-refractivity contribution is 6.30. The number of nitrogens with one attached hydrogen (secondary N) is 1. The molecule has 3 aromatic carbocycles. The van der Waals surface area contributed by atoms with Gasteiger partial charge in [0, 0.05) is 37.0 Å². The quantitative estimate of drug-likeness (QED) is 0.288. The lowest BCUT2D eigenvalue weighted by atomic mass is 9.94. The van der Waals surface area contributed by atoms with E-state index in [0.29, 0.717) is 29.0 Å². The van der Waals surface area contributed by atoms with Crippen LogP contribution in [0.5, 0.6) is 0 Å². The van der Waals surface area contributed by atoms with E-state index in [1.165, 1.54) is 11.3 Å². The third kappa shape index (κ3) is 7.08. The van der Waals surface area contributed by atoms with Gasteiger partial charge in [0.2, 0.25) is 11.8 Å². The van der Waals surface area contributed by atoms with E-state index >= 15 is 0 Å². The van der Waals surface area contributed by atoms with Crippen LogP contribution in [0.4, 0.5) is 0 Å². The highest BCUT2D eigenvalue weighted by Crippen LogP contribution is 2.24. The lowest BCUT2D eigenvalue weighted by Gasteiger charge is -2.33. The van der Waals surface area contributed by atoms with Gasteiger partial charge in [0.05, 0.1) is 11.1 Å². The summed E-state index contributed by atoms with van der Waals surface area (Å²) in [6, 6.07) is 23.1. The average Bonchev–Trinajstić information content (AvgIpc) is 3.25. The molecule has 0 unspecified atom stereocenters. The van der Waals surface area contributed by atoms with Crippen LogP contribution in [-0.2, 0) is 22.6 Å². The normalized spacial score (nSPS) is 15.8. The molecular weight excluding hydrogens is 550 g/mol. The molecule has 7 nitrogen and oxygen atoms in total. The van der Waals surface area contributed by atoms with Crippen molar-refractivity contribution in [2.75, 3.05) is 6.54 Å². The molecule has 0 spiro atoms. The van der Waals surface area contributed by atoms with E-state index in [1.807, 2.05) is 42.5 Å². The monoisotopic (exact) mass is 585 g/mol. The number of nitrogens with zero attached hydrogens (tertiary/aromatic N) is 2. The van der Waals surface area contributed by atoms with Crippen LogP contribution in [0.25, 0.3) is 0 Å². The van der Waals surface area contributed by atoms with Crippen LogP contribution in [0.1, 0.15) is 76.8 Å². The minimum atomic E-state index is -0.725. The molecule has 1 N–H and O–H groups in total.